The van der Waals surface area contributed by atoms with Gasteiger partial charge in [0.1, 0.15) is 5.69 Å². The largest absolute Gasteiger partial charge is 0.477 e. The lowest BCUT2D eigenvalue weighted by Gasteiger charge is -2.40. The minimum Gasteiger partial charge on any atom is -0.477 e. The molecule has 1 aromatic rings. The molecule has 2 rings (SSSR count). The Labute approximate surface area is 125 Å². The summed E-state index contributed by atoms with van der Waals surface area (Å²) in [5, 5.41) is 8.97. The van der Waals surface area contributed by atoms with Crippen molar-refractivity contribution in [1.82, 2.24) is 9.88 Å². The molecule has 1 fully saturated rings. The Bertz CT molecular complexity index is 540. The maximum absolute atomic E-state index is 12.6. The molecule has 1 aliphatic heterocycles. The second kappa shape index (κ2) is 6.24. The summed E-state index contributed by atoms with van der Waals surface area (Å²) in [7, 11) is 0. The van der Waals surface area contributed by atoms with Crippen LogP contribution < -0.4 is 0 Å². The van der Waals surface area contributed by atoms with E-state index in [1.807, 2.05) is 4.90 Å². The van der Waals surface area contributed by atoms with Gasteiger partial charge in [0.25, 0.3) is 5.91 Å². The molecule has 1 atom stereocenters. The normalized spacial score (nSPS) is 22.1. The van der Waals surface area contributed by atoms with Crippen molar-refractivity contribution in [3.8, 4) is 0 Å². The van der Waals surface area contributed by atoms with Crippen LogP contribution in [-0.2, 0) is 0 Å². The van der Waals surface area contributed by atoms with Crippen molar-refractivity contribution >= 4 is 11.9 Å². The van der Waals surface area contributed by atoms with Crippen molar-refractivity contribution in [2.75, 3.05) is 13.1 Å². The third-order valence-corrected chi connectivity index (χ3v) is 4.15. The van der Waals surface area contributed by atoms with E-state index in [0.29, 0.717) is 5.56 Å². The summed E-state index contributed by atoms with van der Waals surface area (Å²) < 4.78 is 0. The van der Waals surface area contributed by atoms with Gasteiger partial charge in [-0.2, -0.15) is 0 Å². The third-order valence-electron chi connectivity index (χ3n) is 4.15. The predicted molar refractivity (Wildman–Crippen MR) is 79.3 cm³/mol. The van der Waals surface area contributed by atoms with Crippen LogP contribution in [0.4, 0.5) is 0 Å². The molecule has 0 saturated carbocycles. The molecular weight excluding hydrogens is 268 g/mol. The molecule has 1 aromatic heterocycles. The molecule has 1 unspecified atom stereocenters. The van der Waals surface area contributed by atoms with Crippen molar-refractivity contribution in [2.45, 2.75) is 39.5 Å². The van der Waals surface area contributed by atoms with Gasteiger partial charge < -0.3 is 10.0 Å². The Morgan fingerprint density at radius 2 is 2.24 bits per heavy atom. The molecular formula is C16H22N2O3. The maximum Gasteiger partial charge on any atom is 0.354 e. The summed E-state index contributed by atoms with van der Waals surface area (Å²) in [6.07, 6.45) is 5.73. The van der Waals surface area contributed by atoms with E-state index in [1.54, 1.807) is 6.07 Å². The molecule has 21 heavy (non-hydrogen) atoms. The fraction of sp³-hybridized carbons (Fsp3) is 0.562. The highest BCUT2D eigenvalue weighted by atomic mass is 16.4. The molecule has 114 valence electrons. The Morgan fingerprint density at radius 1 is 1.48 bits per heavy atom. The highest BCUT2D eigenvalue weighted by molar-refractivity contribution is 5.96. The number of amides is 1. The van der Waals surface area contributed by atoms with Crippen LogP contribution in [0.15, 0.2) is 18.3 Å². The summed E-state index contributed by atoms with van der Waals surface area (Å²) in [4.78, 5) is 29.1. The van der Waals surface area contributed by atoms with Gasteiger partial charge in [-0.25, -0.2) is 9.78 Å². The zero-order valence-corrected chi connectivity index (χ0v) is 12.6. The Morgan fingerprint density at radius 3 is 2.90 bits per heavy atom. The van der Waals surface area contributed by atoms with E-state index in [4.69, 9.17) is 5.11 Å². The monoisotopic (exact) mass is 290 g/mol. The number of nitrogens with zero attached hydrogens (tertiary/aromatic N) is 2. The standard InChI is InChI=1S/C16H22N2O3/c1-3-6-16(2)7-4-9-18(11-16)14(19)12-5-8-17-13(10-12)15(20)21/h5,8,10H,3-4,6-7,9,11H2,1-2H3,(H,20,21). The Hall–Kier alpha value is -1.91. The van der Waals surface area contributed by atoms with Gasteiger partial charge in [0, 0.05) is 24.8 Å². The SMILES string of the molecule is CCCC1(C)CCCN(C(=O)c2ccnc(C(=O)O)c2)C1. The molecule has 0 aromatic carbocycles. The van der Waals surface area contributed by atoms with Crippen LogP contribution >= 0.6 is 0 Å². The van der Waals surface area contributed by atoms with Crippen LogP contribution in [0.3, 0.4) is 0 Å². The average molecular weight is 290 g/mol. The van der Waals surface area contributed by atoms with Gasteiger partial charge in [0.15, 0.2) is 0 Å². The number of aromatic nitrogens is 1. The van der Waals surface area contributed by atoms with Crippen molar-refractivity contribution in [1.29, 1.82) is 0 Å². The molecule has 2 heterocycles. The molecule has 1 N–H and O–H groups in total. The zero-order valence-electron chi connectivity index (χ0n) is 12.6. The third kappa shape index (κ3) is 3.60. The van der Waals surface area contributed by atoms with Crippen LogP contribution in [0.5, 0.6) is 0 Å². The number of likely N-dealkylation sites (tertiary alicyclic amines) is 1. The van der Waals surface area contributed by atoms with E-state index in [9.17, 15) is 9.59 Å². The van der Waals surface area contributed by atoms with E-state index in [2.05, 4.69) is 18.8 Å². The second-order valence-corrected chi connectivity index (χ2v) is 6.13. The fourth-order valence-electron chi connectivity index (χ4n) is 3.16. The maximum atomic E-state index is 12.6. The van der Waals surface area contributed by atoms with Crippen LogP contribution in [0.1, 0.15) is 60.4 Å². The number of rotatable bonds is 4. The first-order valence-corrected chi connectivity index (χ1v) is 7.44. The van der Waals surface area contributed by atoms with E-state index < -0.39 is 5.97 Å². The lowest BCUT2D eigenvalue weighted by atomic mass is 9.78. The number of aromatic carboxylic acids is 1. The lowest BCUT2D eigenvalue weighted by molar-refractivity contribution is 0.0530. The van der Waals surface area contributed by atoms with Crippen LogP contribution in [-0.4, -0.2) is 40.0 Å². The first-order chi connectivity index (χ1) is 9.95. The number of carbonyl (C=O) groups excluding carboxylic acids is 1. The summed E-state index contributed by atoms with van der Waals surface area (Å²) in [6, 6.07) is 2.94. The van der Waals surface area contributed by atoms with Gasteiger partial charge in [0.05, 0.1) is 0 Å². The smallest absolute Gasteiger partial charge is 0.354 e. The number of carboxylic acid groups (broad SMARTS) is 1. The summed E-state index contributed by atoms with van der Waals surface area (Å²) in [5.41, 5.74) is 0.489. The highest BCUT2D eigenvalue weighted by Gasteiger charge is 2.32. The molecule has 1 aliphatic rings. The van der Waals surface area contributed by atoms with Crippen molar-refractivity contribution in [2.24, 2.45) is 5.41 Å². The molecule has 0 bridgehead atoms. The van der Waals surface area contributed by atoms with Crippen LogP contribution in [0.25, 0.3) is 0 Å². The minimum absolute atomic E-state index is 0.0887. The van der Waals surface area contributed by atoms with Gasteiger partial charge in [-0.3, -0.25) is 4.79 Å². The number of carbonyl (C=O) groups is 2. The number of piperidine rings is 1. The van der Waals surface area contributed by atoms with E-state index in [0.717, 1.165) is 38.8 Å². The molecule has 5 heteroatoms. The first-order valence-electron chi connectivity index (χ1n) is 7.44. The Balaban J connectivity index is 2.16. The number of hydrogen-bond donors (Lipinski definition) is 1. The van der Waals surface area contributed by atoms with Gasteiger partial charge in [-0.05, 0) is 36.8 Å². The number of carboxylic acids is 1. The van der Waals surface area contributed by atoms with Crippen LogP contribution in [0, 0.1) is 5.41 Å². The van der Waals surface area contributed by atoms with E-state index >= 15 is 0 Å². The highest BCUT2D eigenvalue weighted by Crippen LogP contribution is 2.34. The van der Waals surface area contributed by atoms with E-state index in [1.165, 1.54) is 12.3 Å². The molecule has 5 nitrogen and oxygen atoms in total. The van der Waals surface area contributed by atoms with Crippen molar-refractivity contribution in [3.05, 3.63) is 29.6 Å². The Kier molecular flexibility index (Phi) is 4.60. The molecule has 0 radical (unpaired) electrons. The quantitative estimate of drug-likeness (QED) is 0.925. The lowest BCUT2D eigenvalue weighted by Crippen LogP contribution is -2.44. The minimum atomic E-state index is -1.11. The average Bonchev–Trinajstić information content (AvgIpc) is 2.46. The van der Waals surface area contributed by atoms with Gasteiger partial charge in [0.2, 0.25) is 0 Å². The number of pyridine rings is 1. The topological polar surface area (TPSA) is 70.5 Å². The number of hydrogen-bond acceptors (Lipinski definition) is 3. The molecule has 0 aliphatic carbocycles. The summed E-state index contributed by atoms with van der Waals surface area (Å²) in [6.45, 7) is 5.87. The van der Waals surface area contributed by atoms with E-state index in [-0.39, 0.29) is 17.0 Å². The second-order valence-electron chi connectivity index (χ2n) is 6.13. The first kappa shape index (κ1) is 15.5. The van der Waals surface area contributed by atoms with Crippen molar-refractivity contribution < 1.29 is 14.7 Å². The zero-order chi connectivity index (χ0) is 15.5. The van der Waals surface area contributed by atoms with Crippen molar-refractivity contribution in [3.63, 3.8) is 0 Å². The molecule has 1 amide bonds. The fourth-order valence-corrected chi connectivity index (χ4v) is 3.16. The molecule has 1 saturated heterocycles. The predicted octanol–water partition coefficient (Wildman–Crippen LogP) is 2.82. The molecule has 0 spiro atoms. The summed E-state index contributed by atoms with van der Waals surface area (Å²) >= 11 is 0. The summed E-state index contributed by atoms with van der Waals surface area (Å²) in [5.74, 6) is -1.21. The van der Waals surface area contributed by atoms with Crippen LogP contribution in [0.2, 0.25) is 0 Å². The van der Waals surface area contributed by atoms with Gasteiger partial charge >= 0.3 is 5.97 Å². The van der Waals surface area contributed by atoms with Gasteiger partial charge in [-0.15, -0.1) is 0 Å². The van der Waals surface area contributed by atoms with Gasteiger partial charge in [-0.1, -0.05) is 20.3 Å².